The fourth-order valence-corrected chi connectivity index (χ4v) is 4.39. The summed E-state index contributed by atoms with van der Waals surface area (Å²) in [5, 5.41) is 8.32. The number of nitrogens with one attached hydrogen (secondary N) is 3. The van der Waals surface area contributed by atoms with Crippen LogP contribution in [0, 0.1) is 5.92 Å². The van der Waals surface area contributed by atoms with Crippen LogP contribution in [-0.2, 0) is 9.59 Å². The molecule has 1 aromatic heterocycles. The summed E-state index contributed by atoms with van der Waals surface area (Å²) in [7, 11) is 0. The number of aromatic nitrogens is 1. The van der Waals surface area contributed by atoms with E-state index in [9.17, 15) is 14.4 Å². The molecule has 1 atom stereocenters. The number of carbonyl (C=O) groups is 3. The van der Waals surface area contributed by atoms with Crippen LogP contribution in [0.25, 0.3) is 0 Å². The predicted octanol–water partition coefficient (Wildman–Crippen LogP) is -0.262. The summed E-state index contributed by atoms with van der Waals surface area (Å²) in [6.45, 7) is 7.46. The molecule has 4 rings (SSSR count). The Morgan fingerprint density at radius 3 is 2.53 bits per heavy atom. The molecule has 3 fully saturated rings. The number of hydrogen-bond acceptors (Lipinski definition) is 7. The highest BCUT2D eigenvalue weighted by molar-refractivity contribution is 6.03. The molecule has 0 saturated carbocycles. The summed E-state index contributed by atoms with van der Waals surface area (Å²) in [4.78, 5) is 44.6. The molecule has 4 heterocycles. The summed E-state index contributed by atoms with van der Waals surface area (Å²) >= 11 is 0. The van der Waals surface area contributed by atoms with Gasteiger partial charge in [-0.05, 0) is 50.4 Å². The first kappa shape index (κ1) is 20.7. The zero-order valence-electron chi connectivity index (χ0n) is 17.2. The fraction of sp³-hybridized carbons (Fsp3) is 0.619. The molecule has 0 radical (unpaired) electrons. The lowest BCUT2D eigenvalue weighted by atomic mass is 9.97. The average molecular weight is 415 g/mol. The smallest absolute Gasteiger partial charge is 0.270 e. The van der Waals surface area contributed by atoms with Gasteiger partial charge < -0.3 is 15.5 Å². The van der Waals surface area contributed by atoms with Crippen molar-refractivity contribution in [2.24, 2.45) is 5.92 Å². The minimum absolute atomic E-state index is 0.229. The Bertz CT molecular complexity index is 769. The van der Waals surface area contributed by atoms with E-state index in [0.29, 0.717) is 6.42 Å². The van der Waals surface area contributed by atoms with Crippen LogP contribution >= 0.6 is 0 Å². The number of imide groups is 1. The third kappa shape index (κ3) is 5.14. The van der Waals surface area contributed by atoms with Crippen LogP contribution in [0.5, 0.6) is 0 Å². The lowest BCUT2D eigenvalue weighted by Crippen LogP contribution is -2.52. The molecule has 30 heavy (non-hydrogen) atoms. The van der Waals surface area contributed by atoms with Gasteiger partial charge in [0.2, 0.25) is 11.8 Å². The first-order valence-electron chi connectivity index (χ1n) is 10.9. The number of rotatable bonds is 5. The Morgan fingerprint density at radius 1 is 1.10 bits per heavy atom. The molecule has 0 spiro atoms. The van der Waals surface area contributed by atoms with Gasteiger partial charge in [0.25, 0.3) is 5.91 Å². The second-order valence-electron chi connectivity index (χ2n) is 8.36. The quantitative estimate of drug-likeness (QED) is 0.570. The predicted molar refractivity (Wildman–Crippen MR) is 112 cm³/mol. The maximum atomic E-state index is 12.4. The molecule has 3 aliphatic rings. The molecule has 0 aliphatic carbocycles. The number of pyridine rings is 1. The van der Waals surface area contributed by atoms with Crippen molar-refractivity contribution in [2.45, 2.75) is 31.7 Å². The van der Waals surface area contributed by atoms with Crippen LogP contribution in [0.2, 0.25) is 0 Å². The standard InChI is InChI=1S/C21H30N6O3/c28-19-4-3-18(21(30)25-19)24-20(29)17-2-1-16(13-23-17)27-11-9-26(10-12-27)14-15-5-7-22-8-6-15/h1-2,13,15,18,22H,3-12,14H2,(H,24,29)(H,25,28,30)/t18-/m0/s1. The summed E-state index contributed by atoms with van der Waals surface area (Å²) in [5.74, 6) is -0.355. The first-order valence-corrected chi connectivity index (χ1v) is 10.9. The van der Waals surface area contributed by atoms with Gasteiger partial charge in [0.05, 0.1) is 11.9 Å². The second-order valence-corrected chi connectivity index (χ2v) is 8.36. The van der Waals surface area contributed by atoms with E-state index in [1.165, 1.54) is 19.4 Å². The number of nitrogens with zero attached hydrogens (tertiary/aromatic N) is 3. The highest BCUT2D eigenvalue weighted by Gasteiger charge is 2.28. The lowest BCUT2D eigenvalue weighted by Gasteiger charge is -2.38. The van der Waals surface area contributed by atoms with Gasteiger partial charge in [-0.1, -0.05) is 0 Å². The van der Waals surface area contributed by atoms with Crippen molar-refractivity contribution in [1.29, 1.82) is 0 Å². The van der Waals surface area contributed by atoms with Crippen LogP contribution in [0.4, 0.5) is 5.69 Å². The topological polar surface area (TPSA) is 107 Å². The Morgan fingerprint density at radius 2 is 1.87 bits per heavy atom. The largest absolute Gasteiger partial charge is 0.368 e. The number of anilines is 1. The van der Waals surface area contributed by atoms with Crippen molar-refractivity contribution in [2.75, 3.05) is 50.7 Å². The zero-order chi connectivity index (χ0) is 20.9. The molecule has 0 unspecified atom stereocenters. The molecule has 3 aliphatic heterocycles. The molecule has 162 valence electrons. The molecule has 3 amide bonds. The van der Waals surface area contributed by atoms with E-state index in [1.54, 1.807) is 12.3 Å². The maximum absolute atomic E-state index is 12.4. The van der Waals surface area contributed by atoms with Crippen molar-refractivity contribution in [1.82, 2.24) is 25.8 Å². The number of piperidine rings is 2. The monoisotopic (exact) mass is 414 g/mol. The van der Waals surface area contributed by atoms with Gasteiger partial charge in [0.1, 0.15) is 11.7 Å². The summed E-state index contributed by atoms with van der Waals surface area (Å²) in [6.07, 6.45) is 4.81. The van der Waals surface area contributed by atoms with E-state index in [0.717, 1.165) is 50.9 Å². The van der Waals surface area contributed by atoms with Crippen LogP contribution in [0.1, 0.15) is 36.2 Å². The number of piperazine rings is 1. The summed E-state index contributed by atoms with van der Waals surface area (Å²) < 4.78 is 0. The third-order valence-electron chi connectivity index (χ3n) is 6.24. The molecule has 3 N–H and O–H groups in total. The number of amides is 3. The minimum Gasteiger partial charge on any atom is -0.368 e. The Labute approximate surface area is 176 Å². The van der Waals surface area contributed by atoms with E-state index < -0.39 is 17.9 Å². The summed E-state index contributed by atoms with van der Waals surface area (Å²) in [6, 6.07) is 2.91. The Hall–Kier alpha value is -2.52. The number of carbonyl (C=O) groups excluding carboxylic acids is 3. The van der Waals surface area contributed by atoms with Crippen LogP contribution in [0.3, 0.4) is 0 Å². The molecule has 0 bridgehead atoms. The average Bonchev–Trinajstić information content (AvgIpc) is 2.77. The molecular formula is C21H30N6O3. The van der Waals surface area contributed by atoms with Gasteiger partial charge in [-0.3, -0.25) is 24.6 Å². The molecule has 3 saturated heterocycles. The minimum atomic E-state index is -0.690. The van der Waals surface area contributed by atoms with Gasteiger partial charge in [0.15, 0.2) is 0 Å². The van der Waals surface area contributed by atoms with Crippen molar-refractivity contribution in [3.63, 3.8) is 0 Å². The number of hydrogen-bond donors (Lipinski definition) is 3. The summed E-state index contributed by atoms with van der Waals surface area (Å²) in [5.41, 5.74) is 1.28. The molecule has 9 heteroatoms. The highest BCUT2D eigenvalue weighted by atomic mass is 16.2. The Balaban J connectivity index is 1.26. The van der Waals surface area contributed by atoms with Crippen molar-refractivity contribution < 1.29 is 14.4 Å². The van der Waals surface area contributed by atoms with E-state index in [2.05, 4.69) is 30.7 Å². The second kappa shape index (κ2) is 9.53. The molecule has 1 aromatic rings. The van der Waals surface area contributed by atoms with Gasteiger partial charge in [-0.2, -0.15) is 0 Å². The van der Waals surface area contributed by atoms with Gasteiger partial charge >= 0.3 is 0 Å². The molecule has 0 aromatic carbocycles. The van der Waals surface area contributed by atoms with E-state index in [-0.39, 0.29) is 18.0 Å². The van der Waals surface area contributed by atoms with E-state index in [4.69, 9.17) is 0 Å². The molecule has 9 nitrogen and oxygen atoms in total. The van der Waals surface area contributed by atoms with Crippen molar-refractivity contribution >= 4 is 23.4 Å². The van der Waals surface area contributed by atoms with Gasteiger partial charge in [0, 0.05) is 39.1 Å². The van der Waals surface area contributed by atoms with Gasteiger partial charge in [-0.15, -0.1) is 0 Å². The Kier molecular flexibility index (Phi) is 6.59. The van der Waals surface area contributed by atoms with Crippen LogP contribution in [0.15, 0.2) is 18.3 Å². The van der Waals surface area contributed by atoms with E-state index in [1.807, 2.05) is 6.07 Å². The third-order valence-corrected chi connectivity index (χ3v) is 6.24. The van der Waals surface area contributed by atoms with Crippen LogP contribution in [-0.4, -0.2) is 79.5 Å². The van der Waals surface area contributed by atoms with Crippen LogP contribution < -0.4 is 20.9 Å². The lowest BCUT2D eigenvalue weighted by molar-refractivity contribution is -0.134. The van der Waals surface area contributed by atoms with Gasteiger partial charge in [-0.25, -0.2) is 4.98 Å². The normalized spacial score (nSPS) is 23.9. The zero-order valence-corrected chi connectivity index (χ0v) is 17.2. The van der Waals surface area contributed by atoms with E-state index >= 15 is 0 Å². The SMILES string of the molecule is O=C1CC[C@H](NC(=O)c2ccc(N3CCN(CC4CCNCC4)CC3)cn2)C(=O)N1. The van der Waals surface area contributed by atoms with Crippen molar-refractivity contribution in [3.05, 3.63) is 24.0 Å². The highest BCUT2D eigenvalue weighted by Crippen LogP contribution is 2.19. The first-order chi connectivity index (χ1) is 14.6. The maximum Gasteiger partial charge on any atom is 0.270 e. The fourth-order valence-electron chi connectivity index (χ4n) is 4.39. The van der Waals surface area contributed by atoms with Crippen molar-refractivity contribution in [3.8, 4) is 0 Å². The molecular weight excluding hydrogens is 384 g/mol.